The maximum Gasteiger partial charge on any atom is 0.337 e. The SMILES string of the molecule is O=C(O)c1cncc(CN2CCOCC2)c1. The monoisotopic (exact) mass is 222 g/mol. The van der Waals surface area contributed by atoms with Gasteiger partial charge < -0.3 is 9.84 Å². The van der Waals surface area contributed by atoms with E-state index in [1.807, 2.05) is 0 Å². The van der Waals surface area contributed by atoms with Crippen molar-refractivity contribution in [1.82, 2.24) is 9.88 Å². The molecule has 0 bridgehead atoms. The van der Waals surface area contributed by atoms with Crippen molar-refractivity contribution in [2.45, 2.75) is 6.54 Å². The lowest BCUT2D eigenvalue weighted by Gasteiger charge is -2.26. The molecule has 2 rings (SSSR count). The van der Waals surface area contributed by atoms with Gasteiger partial charge in [0.15, 0.2) is 0 Å². The van der Waals surface area contributed by atoms with E-state index in [2.05, 4.69) is 9.88 Å². The number of ether oxygens (including phenoxy) is 1. The highest BCUT2D eigenvalue weighted by Gasteiger charge is 2.12. The van der Waals surface area contributed by atoms with Crippen LogP contribution in [0.5, 0.6) is 0 Å². The molecule has 0 amide bonds. The normalized spacial score (nSPS) is 17.2. The van der Waals surface area contributed by atoms with Gasteiger partial charge in [-0.25, -0.2) is 4.79 Å². The minimum atomic E-state index is -0.934. The Morgan fingerprint density at radius 1 is 1.44 bits per heavy atom. The second-order valence-electron chi connectivity index (χ2n) is 3.78. The second-order valence-corrected chi connectivity index (χ2v) is 3.78. The van der Waals surface area contributed by atoms with Crippen molar-refractivity contribution in [1.29, 1.82) is 0 Å². The van der Waals surface area contributed by atoms with Gasteiger partial charge in [0, 0.05) is 32.0 Å². The van der Waals surface area contributed by atoms with E-state index in [9.17, 15) is 4.79 Å². The number of morpholine rings is 1. The molecule has 0 aliphatic carbocycles. The van der Waals surface area contributed by atoms with E-state index in [-0.39, 0.29) is 5.56 Å². The van der Waals surface area contributed by atoms with Crippen LogP contribution in [0.25, 0.3) is 0 Å². The standard InChI is InChI=1S/C11H14N2O3/c14-11(15)10-5-9(6-12-7-10)8-13-1-3-16-4-2-13/h5-7H,1-4,8H2,(H,14,15). The number of carbonyl (C=O) groups is 1. The molecular weight excluding hydrogens is 208 g/mol. The van der Waals surface area contributed by atoms with Crippen molar-refractivity contribution >= 4 is 5.97 Å². The third-order valence-corrected chi connectivity index (χ3v) is 2.55. The fourth-order valence-corrected chi connectivity index (χ4v) is 1.71. The van der Waals surface area contributed by atoms with E-state index in [1.165, 1.54) is 6.20 Å². The summed E-state index contributed by atoms with van der Waals surface area (Å²) in [6, 6.07) is 1.67. The number of hydrogen-bond acceptors (Lipinski definition) is 4. The van der Waals surface area contributed by atoms with E-state index in [0.29, 0.717) is 0 Å². The van der Waals surface area contributed by atoms with Gasteiger partial charge in [-0.3, -0.25) is 9.88 Å². The number of aromatic carboxylic acids is 1. The van der Waals surface area contributed by atoms with Gasteiger partial charge in [-0.1, -0.05) is 0 Å². The first kappa shape index (κ1) is 11.0. The van der Waals surface area contributed by atoms with Gasteiger partial charge in [-0.15, -0.1) is 0 Å². The summed E-state index contributed by atoms with van der Waals surface area (Å²) in [7, 11) is 0. The summed E-state index contributed by atoms with van der Waals surface area (Å²) in [6.07, 6.45) is 3.08. The number of rotatable bonds is 3. The number of carboxylic acid groups (broad SMARTS) is 1. The summed E-state index contributed by atoms with van der Waals surface area (Å²) in [5.41, 5.74) is 1.17. The van der Waals surface area contributed by atoms with Crippen LogP contribution in [0, 0.1) is 0 Å². The number of nitrogens with zero attached hydrogens (tertiary/aromatic N) is 2. The minimum absolute atomic E-state index is 0.241. The average molecular weight is 222 g/mol. The van der Waals surface area contributed by atoms with Crippen LogP contribution in [0.2, 0.25) is 0 Å². The van der Waals surface area contributed by atoms with Gasteiger partial charge in [0.1, 0.15) is 0 Å². The van der Waals surface area contributed by atoms with Crippen LogP contribution in [-0.4, -0.2) is 47.3 Å². The summed E-state index contributed by atoms with van der Waals surface area (Å²) in [6.45, 7) is 3.99. The predicted octanol–water partition coefficient (Wildman–Crippen LogP) is 0.612. The highest BCUT2D eigenvalue weighted by atomic mass is 16.5. The molecule has 0 saturated carbocycles. The molecule has 5 heteroatoms. The first-order chi connectivity index (χ1) is 7.75. The van der Waals surface area contributed by atoms with E-state index in [1.54, 1.807) is 12.3 Å². The molecule has 1 saturated heterocycles. The maximum absolute atomic E-state index is 10.8. The van der Waals surface area contributed by atoms with Crippen molar-refractivity contribution < 1.29 is 14.6 Å². The van der Waals surface area contributed by atoms with Crippen LogP contribution in [-0.2, 0) is 11.3 Å². The molecule has 0 atom stereocenters. The first-order valence-corrected chi connectivity index (χ1v) is 5.23. The Labute approximate surface area is 93.7 Å². The molecule has 0 unspecified atom stereocenters. The molecule has 1 aromatic heterocycles. The Morgan fingerprint density at radius 3 is 2.88 bits per heavy atom. The molecular formula is C11H14N2O3. The average Bonchev–Trinajstić information content (AvgIpc) is 2.30. The van der Waals surface area contributed by atoms with Crippen LogP contribution >= 0.6 is 0 Å². The fourth-order valence-electron chi connectivity index (χ4n) is 1.71. The summed E-state index contributed by atoms with van der Waals surface area (Å²) >= 11 is 0. The lowest BCUT2D eigenvalue weighted by atomic mass is 10.2. The van der Waals surface area contributed by atoms with Crippen LogP contribution in [0.1, 0.15) is 15.9 Å². The van der Waals surface area contributed by atoms with E-state index in [0.717, 1.165) is 38.4 Å². The molecule has 0 aromatic carbocycles. The largest absolute Gasteiger partial charge is 0.478 e. The molecule has 0 radical (unpaired) electrons. The molecule has 2 heterocycles. The van der Waals surface area contributed by atoms with Gasteiger partial charge in [0.2, 0.25) is 0 Å². The number of aromatic nitrogens is 1. The van der Waals surface area contributed by atoms with Crippen molar-refractivity contribution in [3.05, 3.63) is 29.6 Å². The molecule has 86 valence electrons. The quantitative estimate of drug-likeness (QED) is 0.812. The number of hydrogen-bond donors (Lipinski definition) is 1. The first-order valence-electron chi connectivity index (χ1n) is 5.23. The van der Waals surface area contributed by atoms with Crippen molar-refractivity contribution in [2.24, 2.45) is 0 Å². The van der Waals surface area contributed by atoms with Gasteiger partial charge in [-0.2, -0.15) is 0 Å². The number of pyridine rings is 1. The zero-order valence-corrected chi connectivity index (χ0v) is 8.93. The summed E-state index contributed by atoms with van der Waals surface area (Å²) in [4.78, 5) is 16.9. The lowest BCUT2D eigenvalue weighted by Crippen LogP contribution is -2.35. The Kier molecular flexibility index (Phi) is 3.48. The van der Waals surface area contributed by atoms with Gasteiger partial charge in [0.25, 0.3) is 0 Å². The van der Waals surface area contributed by atoms with Gasteiger partial charge >= 0.3 is 5.97 Å². The van der Waals surface area contributed by atoms with Crippen molar-refractivity contribution in [3.8, 4) is 0 Å². The molecule has 1 aliphatic rings. The zero-order chi connectivity index (χ0) is 11.4. The second kappa shape index (κ2) is 5.05. The van der Waals surface area contributed by atoms with Crippen LogP contribution in [0.4, 0.5) is 0 Å². The lowest BCUT2D eigenvalue weighted by molar-refractivity contribution is 0.0341. The van der Waals surface area contributed by atoms with E-state index >= 15 is 0 Å². The summed E-state index contributed by atoms with van der Waals surface area (Å²) < 4.78 is 5.25. The zero-order valence-electron chi connectivity index (χ0n) is 8.93. The highest BCUT2D eigenvalue weighted by molar-refractivity contribution is 5.87. The smallest absolute Gasteiger partial charge is 0.337 e. The van der Waals surface area contributed by atoms with Gasteiger partial charge in [0.05, 0.1) is 18.8 Å². The van der Waals surface area contributed by atoms with Crippen LogP contribution < -0.4 is 0 Å². The maximum atomic E-state index is 10.8. The van der Waals surface area contributed by atoms with Crippen LogP contribution in [0.3, 0.4) is 0 Å². The summed E-state index contributed by atoms with van der Waals surface area (Å²) in [5, 5.41) is 8.84. The molecule has 16 heavy (non-hydrogen) atoms. The minimum Gasteiger partial charge on any atom is -0.478 e. The molecule has 1 aliphatic heterocycles. The van der Waals surface area contributed by atoms with Crippen molar-refractivity contribution in [3.63, 3.8) is 0 Å². The van der Waals surface area contributed by atoms with Crippen molar-refractivity contribution in [2.75, 3.05) is 26.3 Å². The highest BCUT2D eigenvalue weighted by Crippen LogP contribution is 2.08. The van der Waals surface area contributed by atoms with Crippen LogP contribution in [0.15, 0.2) is 18.5 Å². The third-order valence-electron chi connectivity index (χ3n) is 2.55. The Morgan fingerprint density at radius 2 is 2.19 bits per heavy atom. The van der Waals surface area contributed by atoms with E-state index in [4.69, 9.17) is 9.84 Å². The Hall–Kier alpha value is -1.46. The third kappa shape index (κ3) is 2.77. The molecule has 1 N–H and O–H groups in total. The van der Waals surface area contributed by atoms with E-state index < -0.39 is 5.97 Å². The molecule has 5 nitrogen and oxygen atoms in total. The number of carboxylic acids is 1. The Bertz CT molecular complexity index is 375. The topological polar surface area (TPSA) is 62.7 Å². The molecule has 1 fully saturated rings. The molecule has 0 spiro atoms. The Balaban J connectivity index is 2.02. The molecule has 1 aromatic rings. The summed E-state index contributed by atoms with van der Waals surface area (Å²) in [5.74, 6) is -0.934. The van der Waals surface area contributed by atoms with Gasteiger partial charge in [-0.05, 0) is 11.6 Å². The predicted molar refractivity (Wildman–Crippen MR) is 57.3 cm³/mol. The fraction of sp³-hybridized carbons (Fsp3) is 0.455.